The molecule has 9 nitrogen and oxygen atoms in total. The zero-order valence-electron chi connectivity index (χ0n) is 20.6. The lowest BCUT2D eigenvalue weighted by Crippen LogP contribution is -2.47. The van der Waals surface area contributed by atoms with Crippen LogP contribution in [0.1, 0.15) is 70.2 Å². The van der Waals surface area contributed by atoms with Crippen LogP contribution in [0.15, 0.2) is 42.5 Å². The normalized spacial score (nSPS) is 21.3. The van der Waals surface area contributed by atoms with E-state index < -0.39 is 0 Å². The molecule has 1 saturated heterocycles. The summed E-state index contributed by atoms with van der Waals surface area (Å²) in [5, 5.41) is 5.88. The molecular formula is C27H31N5O4. The number of nitrogens with zero attached hydrogens (tertiary/aromatic N) is 3. The quantitative estimate of drug-likeness (QED) is 0.543. The summed E-state index contributed by atoms with van der Waals surface area (Å²) in [6, 6.07) is 12.1. The first-order valence-corrected chi connectivity index (χ1v) is 12.5. The van der Waals surface area contributed by atoms with Gasteiger partial charge in [0, 0.05) is 30.3 Å². The van der Waals surface area contributed by atoms with Crippen molar-refractivity contribution in [1.29, 1.82) is 0 Å². The summed E-state index contributed by atoms with van der Waals surface area (Å²) in [5.41, 5.74) is 2.74. The minimum absolute atomic E-state index is 0.0255. The minimum atomic E-state index is -0.361. The Morgan fingerprint density at radius 3 is 2.61 bits per heavy atom. The Kier molecular flexibility index (Phi) is 6.73. The maximum Gasteiger partial charge on any atom is 0.257 e. The third-order valence-electron chi connectivity index (χ3n) is 6.96. The van der Waals surface area contributed by atoms with Crippen molar-refractivity contribution in [2.45, 2.75) is 45.2 Å². The van der Waals surface area contributed by atoms with Gasteiger partial charge in [-0.1, -0.05) is 12.1 Å². The lowest BCUT2D eigenvalue weighted by Gasteiger charge is -2.33. The summed E-state index contributed by atoms with van der Waals surface area (Å²) in [6.45, 7) is 6.16. The Labute approximate surface area is 209 Å². The molecule has 0 radical (unpaired) electrons. The van der Waals surface area contributed by atoms with Crippen LogP contribution in [0.5, 0.6) is 0 Å². The number of fused-ring (bicyclic) bond motifs is 5. The number of carbonyl (C=O) groups is 3. The molecule has 0 saturated carbocycles. The molecular weight excluding hydrogens is 458 g/mol. The average Bonchev–Trinajstić information content (AvgIpc) is 3.25. The van der Waals surface area contributed by atoms with Gasteiger partial charge >= 0.3 is 0 Å². The molecule has 2 N–H and O–H groups in total. The van der Waals surface area contributed by atoms with Crippen molar-refractivity contribution in [2.24, 2.45) is 0 Å². The van der Waals surface area contributed by atoms with E-state index >= 15 is 0 Å². The second kappa shape index (κ2) is 10.1. The topological polar surface area (TPSA) is 106 Å². The molecule has 36 heavy (non-hydrogen) atoms. The van der Waals surface area contributed by atoms with Gasteiger partial charge in [-0.05, 0) is 63.4 Å². The molecule has 2 aromatic carbocycles. The maximum absolute atomic E-state index is 13.7. The van der Waals surface area contributed by atoms with Gasteiger partial charge < -0.3 is 19.5 Å². The van der Waals surface area contributed by atoms with Gasteiger partial charge in [0.1, 0.15) is 0 Å². The number of hydrogen-bond acceptors (Lipinski definition) is 5. The highest BCUT2D eigenvalue weighted by Gasteiger charge is 2.29. The van der Waals surface area contributed by atoms with Gasteiger partial charge in [-0.2, -0.15) is 0 Å². The zero-order valence-corrected chi connectivity index (χ0v) is 20.6. The number of hydrogen-bond donors (Lipinski definition) is 2. The first-order valence-electron chi connectivity index (χ1n) is 12.5. The first kappa shape index (κ1) is 24.0. The van der Waals surface area contributed by atoms with Crippen LogP contribution >= 0.6 is 0 Å². The molecule has 0 spiro atoms. The number of imidazole rings is 1. The van der Waals surface area contributed by atoms with Crippen LogP contribution in [0.25, 0.3) is 11.0 Å². The molecule has 2 aliphatic heterocycles. The maximum atomic E-state index is 13.7. The number of amides is 3. The number of para-hydroxylation sites is 1. The van der Waals surface area contributed by atoms with Crippen molar-refractivity contribution >= 4 is 34.7 Å². The van der Waals surface area contributed by atoms with Crippen LogP contribution in [-0.4, -0.2) is 64.5 Å². The van der Waals surface area contributed by atoms with Gasteiger partial charge in [0.15, 0.2) is 0 Å². The second-order valence-corrected chi connectivity index (χ2v) is 9.54. The number of carbonyl (C=O) groups excluding carboxylic acids is 3. The fraction of sp³-hybridized carbons (Fsp3) is 0.407. The van der Waals surface area contributed by atoms with E-state index in [1.807, 2.05) is 34.6 Å². The van der Waals surface area contributed by atoms with Gasteiger partial charge in [0.25, 0.3) is 17.7 Å². The summed E-state index contributed by atoms with van der Waals surface area (Å²) >= 11 is 0. The predicted molar refractivity (Wildman–Crippen MR) is 136 cm³/mol. The molecule has 0 aliphatic carbocycles. The number of ether oxygens (including phenoxy) is 1. The summed E-state index contributed by atoms with van der Waals surface area (Å²) < 4.78 is 7.51. The summed E-state index contributed by atoms with van der Waals surface area (Å²) in [4.78, 5) is 46.0. The minimum Gasteiger partial charge on any atom is -0.377 e. The summed E-state index contributed by atoms with van der Waals surface area (Å²) in [6.07, 6.45) is 2.48. The van der Waals surface area contributed by atoms with E-state index in [1.54, 1.807) is 24.3 Å². The third kappa shape index (κ3) is 4.58. The molecule has 1 aromatic heterocycles. The molecule has 3 aromatic rings. The number of nitrogens with one attached hydrogen (secondary N) is 2. The third-order valence-corrected chi connectivity index (χ3v) is 6.96. The number of morpholine rings is 1. The van der Waals surface area contributed by atoms with Crippen LogP contribution in [0.4, 0.5) is 5.95 Å². The van der Waals surface area contributed by atoms with Crippen molar-refractivity contribution in [3.8, 4) is 0 Å². The summed E-state index contributed by atoms with van der Waals surface area (Å²) in [7, 11) is 0. The van der Waals surface area contributed by atoms with Crippen molar-refractivity contribution in [3.05, 3.63) is 59.2 Å². The molecule has 1 unspecified atom stereocenters. The monoisotopic (exact) mass is 489 g/mol. The van der Waals surface area contributed by atoms with Crippen molar-refractivity contribution < 1.29 is 19.1 Å². The van der Waals surface area contributed by atoms with E-state index in [-0.39, 0.29) is 29.8 Å². The molecule has 2 atom stereocenters. The van der Waals surface area contributed by atoms with Crippen LogP contribution in [-0.2, 0) is 4.74 Å². The van der Waals surface area contributed by atoms with Gasteiger partial charge in [-0.3, -0.25) is 19.7 Å². The standard InChI is InChI=1S/C27H31N5O4/c1-17-7-3-4-12-28-24(33)19-8-5-9-20(15-19)25(34)30-27-29-22-11-6-10-21(23(22)32(17)27)26(35)31-13-14-36-16-18(31)2/h5-6,8-11,15,17-18H,3-4,7,12-14,16H2,1-2H3,(H,28,33)(H,29,30,34)/t17?,18-/m0/s1. The fourth-order valence-corrected chi connectivity index (χ4v) is 5.00. The number of benzene rings is 2. The number of aromatic nitrogens is 2. The van der Waals surface area contributed by atoms with Crippen molar-refractivity contribution in [2.75, 3.05) is 31.6 Å². The van der Waals surface area contributed by atoms with Crippen LogP contribution in [0.3, 0.4) is 0 Å². The average molecular weight is 490 g/mol. The lowest BCUT2D eigenvalue weighted by molar-refractivity contribution is 0.00368. The van der Waals surface area contributed by atoms with Crippen LogP contribution < -0.4 is 10.6 Å². The Hall–Kier alpha value is -3.72. The highest BCUT2D eigenvalue weighted by atomic mass is 16.5. The van der Waals surface area contributed by atoms with Gasteiger partial charge in [-0.15, -0.1) is 0 Å². The predicted octanol–water partition coefficient (Wildman–Crippen LogP) is 3.62. The first-order chi connectivity index (χ1) is 17.4. The SMILES string of the molecule is CC1CCCCNC(=O)c2cccc(c2)C(=O)Nc2nc3cccc(C(=O)N4CCOC[C@@H]4C)c3n21. The molecule has 2 bridgehead atoms. The van der Waals surface area contributed by atoms with Gasteiger partial charge in [0.2, 0.25) is 5.95 Å². The molecule has 9 heteroatoms. The number of rotatable bonds is 1. The Bertz CT molecular complexity index is 1320. The zero-order chi connectivity index (χ0) is 25.2. The van der Waals surface area contributed by atoms with E-state index in [2.05, 4.69) is 17.6 Å². The molecule has 5 rings (SSSR count). The smallest absolute Gasteiger partial charge is 0.257 e. The second-order valence-electron chi connectivity index (χ2n) is 9.54. The van der Waals surface area contributed by atoms with Gasteiger partial charge in [0.05, 0.1) is 35.9 Å². The largest absolute Gasteiger partial charge is 0.377 e. The molecule has 1 fully saturated rings. The van der Waals surface area contributed by atoms with E-state index in [1.165, 1.54) is 0 Å². The highest BCUT2D eigenvalue weighted by molar-refractivity contribution is 6.08. The van der Waals surface area contributed by atoms with Crippen LogP contribution in [0, 0.1) is 0 Å². The molecule has 3 heterocycles. The molecule has 3 amide bonds. The molecule has 188 valence electrons. The number of anilines is 1. The Morgan fingerprint density at radius 1 is 1.03 bits per heavy atom. The Morgan fingerprint density at radius 2 is 1.81 bits per heavy atom. The fourth-order valence-electron chi connectivity index (χ4n) is 5.00. The van der Waals surface area contributed by atoms with E-state index in [0.717, 1.165) is 24.8 Å². The van der Waals surface area contributed by atoms with Crippen molar-refractivity contribution in [3.63, 3.8) is 0 Å². The van der Waals surface area contributed by atoms with Gasteiger partial charge in [-0.25, -0.2) is 4.98 Å². The van der Waals surface area contributed by atoms with E-state index in [0.29, 0.717) is 54.5 Å². The van der Waals surface area contributed by atoms with E-state index in [4.69, 9.17) is 9.72 Å². The van der Waals surface area contributed by atoms with Crippen LogP contribution in [0.2, 0.25) is 0 Å². The molecule has 2 aliphatic rings. The summed E-state index contributed by atoms with van der Waals surface area (Å²) in [5.74, 6) is -0.222. The lowest BCUT2D eigenvalue weighted by atomic mass is 10.1. The highest BCUT2D eigenvalue weighted by Crippen LogP contribution is 2.31. The van der Waals surface area contributed by atoms with E-state index in [9.17, 15) is 14.4 Å². The van der Waals surface area contributed by atoms with Crippen molar-refractivity contribution in [1.82, 2.24) is 19.8 Å². The Balaban J connectivity index is 1.60.